The Morgan fingerprint density at radius 1 is 1.23 bits per heavy atom. The topological polar surface area (TPSA) is 50.8 Å². The maximum atomic E-state index is 12.7. The van der Waals surface area contributed by atoms with Crippen LogP contribution in [0, 0.1) is 5.92 Å². The van der Waals surface area contributed by atoms with Crippen LogP contribution < -0.4 is 14.8 Å². The van der Waals surface area contributed by atoms with Crippen LogP contribution in [0.5, 0.6) is 11.5 Å². The fraction of sp³-hybridized carbons (Fsp3) is 0.650. The van der Waals surface area contributed by atoms with E-state index in [1.54, 1.807) is 26.4 Å². The first-order valence-corrected chi connectivity index (χ1v) is 10.7. The van der Waals surface area contributed by atoms with Crippen molar-refractivity contribution in [3.05, 3.63) is 23.8 Å². The SMILES string of the molecule is COc1cccc(C(=O)NC[C@@H]2CCCN(C3CCSCC3)C2)c1OC. The molecule has 2 saturated heterocycles. The zero-order valence-corrected chi connectivity index (χ0v) is 16.6. The highest BCUT2D eigenvalue weighted by molar-refractivity contribution is 7.99. The summed E-state index contributed by atoms with van der Waals surface area (Å²) in [5, 5.41) is 3.11. The molecule has 1 aromatic rings. The van der Waals surface area contributed by atoms with Crippen LogP contribution in [0.2, 0.25) is 0 Å². The molecule has 1 atom stereocenters. The van der Waals surface area contributed by atoms with Crippen molar-refractivity contribution < 1.29 is 14.3 Å². The van der Waals surface area contributed by atoms with E-state index in [9.17, 15) is 4.79 Å². The Hall–Kier alpha value is -1.40. The number of methoxy groups -OCH3 is 2. The predicted molar refractivity (Wildman–Crippen MR) is 107 cm³/mol. The number of hydrogen-bond acceptors (Lipinski definition) is 5. The molecule has 144 valence electrons. The van der Waals surface area contributed by atoms with Gasteiger partial charge in [0.2, 0.25) is 0 Å². The number of nitrogens with zero attached hydrogens (tertiary/aromatic N) is 1. The van der Waals surface area contributed by atoms with E-state index >= 15 is 0 Å². The fourth-order valence-corrected chi connectivity index (χ4v) is 5.13. The van der Waals surface area contributed by atoms with Crippen molar-refractivity contribution in [1.29, 1.82) is 0 Å². The number of carbonyl (C=O) groups is 1. The van der Waals surface area contributed by atoms with Crippen molar-refractivity contribution in [3.63, 3.8) is 0 Å². The fourth-order valence-electron chi connectivity index (χ4n) is 4.04. The molecule has 2 aliphatic rings. The normalized spacial score (nSPS) is 22.0. The largest absolute Gasteiger partial charge is 0.493 e. The van der Waals surface area contributed by atoms with Crippen molar-refractivity contribution in [2.75, 3.05) is 45.4 Å². The molecule has 0 unspecified atom stereocenters. The van der Waals surface area contributed by atoms with Gasteiger partial charge in [0.25, 0.3) is 5.91 Å². The van der Waals surface area contributed by atoms with Crippen LogP contribution in [0.4, 0.5) is 0 Å². The molecule has 0 aliphatic carbocycles. The molecule has 26 heavy (non-hydrogen) atoms. The molecule has 1 aromatic carbocycles. The molecule has 0 aromatic heterocycles. The molecule has 0 saturated carbocycles. The predicted octanol–water partition coefficient (Wildman–Crippen LogP) is 3.04. The quantitative estimate of drug-likeness (QED) is 0.825. The summed E-state index contributed by atoms with van der Waals surface area (Å²) in [4.78, 5) is 15.3. The van der Waals surface area contributed by atoms with E-state index in [1.807, 2.05) is 6.07 Å². The number of piperidine rings is 1. The molecule has 0 spiro atoms. The van der Waals surface area contributed by atoms with Crippen LogP contribution in [0.25, 0.3) is 0 Å². The van der Waals surface area contributed by atoms with Crippen LogP contribution in [-0.2, 0) is 0 Å². The van der Waals surface area contributed by atoms with Gasteiger partial charge in [-0.15, -0.1) is 0 Å². The molecule has 1 amide bonds. The molecule has 0 radical (unpaired) electrons. The van der Waals surface area contributed by atoms with Gasteiger partial charge >= 0.3 is 0 Å². The minimum absolute atomic E-state index is 0.0908. The highest BCUT2D eigenvalue weighted by atomic mass is 32.2. The summed E-state index contributed by atoms with van der Waals surface area (Å²) < 4.78 is 10.7. The van der Waals surface area contributed by atoms with Crippen LogP contribution in [0.1, 0.15) is 36.0 Å². The van der Waals surface area contributed by atoms with E-state index in [4.69, 9.17) is 9.47 Å². The second-order valence-corrected chi connectivity index (χ2v) is 8.32. The van der Waals surface area contributed by atoms with Crippen LogP contribution in [-0.4, -0.2) is 62.2 Å². The summed E-state index contributed by atoms with van der Waals surface area (Å²) in [6, 6.07) is 6.15. The number of ether oxygens (including phenoxy) is 2. The van der Waals surface area contributed by atoms with E-state index in [2.05, 4.69) is 22.0 Å². The summed E-state index contributed by atoms with van der Waals surface area (Å²) in [6.45, 7) is 3.03. The molecule has 2 fully saturated rings. The van der Waals surface area contributed by atoms with Crippen molar-refractivity contribution in [3.8, 4) is 11.5 Å². The van der Waals surface area contributed by atoms with E-state index < -0.39 is 0 Å². The first-order valence-electron chi connectivity index (χ1n) is 9.54. The summed E-state index contributed by atoms with van der Waals surface area (Å²) in [6.07, 6.45) is 5.04. The van der Waals surface area contributed by atoms with E-state index in [1.165, 1.54) is 43.7 Å². The molecular weight excluding hydrogens is 348 g/mol. The third-order valence-electron chi connectivity index (χ3n) is 5.46. The standard InChI is InChI=1S/C20H30N2O3S/c1-24-18-7-3-6-17(19(18)25-2)20(23)21-13-15-5-4-10-22(14-15)16-8-11-26-12-9-16/h3,6-7,15-16H,4-5,8-14H2,1-2H3,(H,21,23)/t15-/m0/s1. The van der Waals surface area contributed by atoms with Gasteiger partial charge in [-0.25, -0.2) is 0 Å². The van der Waals surface area contributed by atoms with Gasteiger partial charge in [0, 0.05) is 19.1 Å². The van der Waals surface area contributed by atoms with E-state index in [-0.39, 0.29) is 5.91 Å². The number of thioether (sulfide) groups is 1. The maximum Gasteiger partial charge on any atom is 0.255 e. The number of rotatable bonds is 6. The second-order valence-electron chi connectivity index (χ2n) is 7.10. The Morgan fingerprint density at radius 3 is 2.77 bits per heavy atom. The lowest BCUT2D eigenvalue weighted by atomic mass is 9.95. The zero-order valence-electron chi connectivity index (χ0n) is 15.8. The maximum absolute atomic E-state index is 12.7. The Kier molecular flexibility index (Phi) is 7.08. The number of benzene rings is 1. The number of nitrogens with one attached hydrogen (secondary N) is 1. The number of carbonyl (C=O) groups excluding carboxylic acids is 1. The van der Waals surface area contributed by atoms with Crippen LogP contribution in [0.15, 0.2) is 18.2 Å². The first-order chi connectivity index (χ1) is 12.7. The lowest BCUT2D eigenvalue weighted by molar-refractivity contribution is 0.0901. The van der Waals surface area contributed by atoms with Gasteiger partial charge in [-0.2, -0.15) is 11.8 Å². The van der Waals surface area contributed by atoms with Gasteiger partial charge < -0.3 is 14.8 Å². The first kappa shape index (κ1) is 19.4. The minimum Gasteiger partial charge on any atom is -0.493 e. The monoisotopic (exact) mass is 378 g/mol. The number of para-hydroxylation sites is 1. The summed E-state index contributed by atoms with van der Waals surface area (Å²) in [7, 11) is 3.15. The van der Waals surface area contributed by atoms with Gasteiger partial charge in [-0.05, 0) is 61.8 Å². The lowest BCUT2D eigenvalue weighted by Gasteiger charge is -2.40. The zero-order chi connectivity index (χ0) is 18.4. The van der Waals surface area contributed by atoms with Gasteiger partial charge in [0.15, 0.2) is 11.5 Å². The molecule has 1 N–H and O–H groups in total. The second kappa shape index (κ2) is 9.51. The Balaban J connectivity index is 1.56. The van der Waals surface area contributed by atoms with Crippen LogP contribution in [0.3, 0.4) is 0 Å². The number of hydrogen-bond donors (Lipinski definition) is 1. The Morgan fingerprint density at radius 2 is 2.04 bits per heavy atom. The minimum atomic E-state index is -0.0908. The molecule has 3 rings (SSSR count). The highest BCUT2D eigenvalue weighted by Crippen LogP contribution is 2.31. The van der Waals surface area contributed by atoms with E-state index in [0.717, 1.165) is 19.1 Å². The van der Waals surface area contributed by atoms with Crippen molar-refractivity contribution in [1.82, 2.24) is 10.2 Å². The molecule has 0 bridgehead atoms. The summed E-state index contributed by atoms with van der Waals surface area (Å²) in [5.41, 5.74) is 0.531. The van der Waals surface area contributed by atoms with Gasteiger partial charge in [0.05, 0.1) is 19.8 Å². The van der Waals surface area contributed by atoms with E-state index in [0.29, 0.717) is 23.0 Å². The molecule has 6 heteroatoms. The van der Waals surface area contributed by atoms with Crippen molar-refractivity contribution in [2.24, 2.45) is 5.92 Å². The van der Waals surface area contributed by atoms with Gasteiger partial charge in [-0.1, -0.05) is 6.07 Å². The van der Waals surface area contributed by atoms with Gasteiger partial charge in [-0.3, -0.25) is 9.69 Å². The third-order valence-corrected chi connectivity index (χ3v) is 6.51. The Bertz CT molecular complexity index is 605. The smallest absolute Gasteiger partial charge is 0.255 e. The third kappa shape index (κ3) is 4.65. The summed E-state index contributed by atoms with van der Waals surface area (Å²) in [5.74, 6) is 4.10. The average Bonchev–Trinajstić information content (AvgIpc) is 2.72. The number of amides is 1. The molecular formula is C20H30N2O3S. The molecule has 5 nitrogen and oxygen atoms in total. The van der Waals surface area contributed by atoms with Crippen molar-refractivity contribution >= 4 is 17.7 Å². The Labute approximate surface area is 160 Å². The van der Waals surface area contributed by atoms with Gasteiger partial charge in [0.1, 0.15) is 0 Å². The lowest BCUT2D eigenvalue weighted by Crippen LogP contribution is -2.46. The summed E-state index contributed by atoms with van der Waals surface area (Å²) >= 11 is 2.08. The molecule has 2 heterocycles. The average molecular weight is 379 g/mol. The molecule has 2 aliphatic heterocycles. The van der Waals surface area contributed by atoms with Crippen LogP contribution >= 0.6 is 11.8 Å². The highest BCUT2D eigenvalue weighted by Gasteiger charge is 2.27. The van der Waals surface area contributed by atoms with Crippen molar-refractivity contribution in [2.45, 2.75) is 31.7 Å². The number of likely N-dealkylation sites (tertiary alicyclic amines) is 1.